The van der Waals surface area contributed by atoms with Crippen LogP contribution in [-0.2, 0) is 29.0 Å². The second-order valence-corrected chi connectivity index (χ2v) is 6.23. The van der Waals surface area contributed by atoms with Gasteiger partial charge in [0.05, 0.1) is 6.42 Å². The first-order valence-electron chi connectivity index (χ1n) is 8.69. The standard InChI is InChI=1S/C21H21F3N2O2/c1-2-19(27)25-14-17-8-4-3-7-16(17)13-20(28)26-18-9-5-6-15(12-18)10-11-21(22,23)24/h2-9,12H,1,10-11,13-14H2,(H,25,27)(H,26,28). The molecule has 2 aromatic carbocycles. The Hall–Kier alpha value is -3.09. The zero-order valence-corrected chi connectivity index (χ0v) is 15.2. The van der Waals surface area contributed by atoms with Crippen molar-refractivity contribution >= 4 is 17.5 Å². The number of benzene rings is 2. The SMILES string of the molecule is C=CC(=O)NCc1ccccc1CC(=O)Nc1cccc(CCC(F)(F)F)c1. The number of amides is 2. The summed E-state index contributed by atoms with van der Waals surface area (Å²) in [5, 5.41) is 5.37. The van der Waals surface area contributed by atoms with Gasteiger partial charge in [-0.05, 0) is 41.3 Å². The van der Waals surface area contributed by atoms with E-state index in [0.29, 0.717) is 11.3 Å². The zero-order valence-electron chi connectivity index (χ0n) is 15.2. The summed E-state index contributed by atoms with van der Waals surface area (Å²) in [4.78, 5) is 23.7. The van der Waals surface area contributed by atoms with Crippen molar-refractivity contribution in [2.45, 2.75) is 32.0 Å². The number of carbonyl (C=O) groups excluding carboxylic acids is 2. The van der Waals surface area contributed by atoms with Crippen LogP contribution in [0.4, 0.5) is 18.9 Å². The van der Waals surface area contributed by atoms with Crippen LogP contribution in [0, 0.1) is 0 Å². The summed E-state index contributed by atoms with van der Waals surface area (Å²) in [6, 6.07) is 13.6. The Labute approximate surface area is 161 Å². The van der Waals surface area contributed by atoms with Gasteiger partial charge in [0.15, 0.2) is 0 Å². The maximum Gasteiger partial charge on any atom is 0.389 e. The van der Waals surface area contributed by atoms with Crippen molar-refractivity contribution in [3.05, 3.63) is 77.9 Å². The fourth-order valence-electron chi connectivity index (χ4n) is 2.63. The summed E-state index contributed by atoms with van der Waals surface area (Å²) in [7, 11) is 0. The number of hydrogen-bond acceptors (Lipinski definition) is 2. The Bertz CT molecular complexity index is 848. The van der Waals surface area contributed by atoms with Crippen LogP contribution < -0.4 is 10.6 Å². The lowest BCUT2D eigenvalue weighted by Crippen LogP contribution is -2.22. The molecular weight excluding hydrogens is 369 g/mol. The van der Waals surface area contributed by atoms with E-state index in [1.54, 1.807) is 42.5 Å². The van der Waals surface area contributed by atoms with Crippen LogP contribution in [0.1, 0.15) is 23.1 Å². The first-order valence-corrected chi connectivity index (χ1v) is 8.69. The minimum atomic E-state index is -4.22. The topological polar surface area (TPSA) is 58.2 Å². The van der Waals surface area contributed by atoms with Crippen LogP contribution in [-0.4, -0.2) is 18.0 Å². The van der Waals surface area contributed by atoms with Crippen molar-refractivity contribution in [3.63, 3.8) is 0 Å². The van der Waals surface area contributed by atoms with Crippen molar-refractivity contribution in [2.24, 2.45) is 0 Å². The predicted molar refractivity (Wildman–Crippen MR) is 102 cm³/mol. The minimum Gasteiger partial charge on any atom is -0.348 e. The van der Waals surface area contributed by atoms with Gasteiger partial charge in [-0.25, -0.2) is 0 Å². The summed E-state index contributed by atoms with van der Waals surface area (Å²) >= 11 is 0. The Morgan fingerprint density at radius 3 is 2.43 bits per heavy atom. The van der Waals surface area contributed by atoms with E-state index in [4.69, 9.17) is 0 Å². The van der Waals surface area contributed by atoms with Gasteiger partial charge in [0.2, 0.25) is 11.8 Å². The van der Waals surface area contributed by atoms with Crippen LogP contribution in [0.15, 0.2) is 61.2 Å². The Morgan fingerprint density at radius 1 is 1.04 bits per heavy atom. The molecule has 2 amide bonds. The summed E-state index contributed by atoms with van der Waals surface area (Å²) < 4.78 is 37.1. The Morgan fingerprint density at radius 2 is 1.75 bits per heavy atom. The highest BCUT2D eigenvalue weighted by atomic mass is 19.4. The lowest BCUT2D eigenvalue weighted by Gasteiger charge is -2.11. The van der Waals surface area contributed by atoms with Crippen LogP contribution >= 0.6 is 0 Å². The van der Waals surface area contributed by atoms with Gasteiger partial charge < -0.3 is 10.6 Å². The van der Waals surface area contributed by atoms with Gasteiger partial charge in [-0.1, -0.05) is 43.0 Å². The van der Waals surface area contributed by atoms with Crippen LogP contribution in [0.25, 0.3) is 0 Å². The fraction of sp³-hybridized carbons (Fsp3) is 0.238. The van der Waals surface area contributed by atoms with Gasteiger partial charge in [0.25, 0.3) is 0 Å². The number of aryl methyl sites for hydroxylation is 1. The fourth-order valence-corrected chi connectivity index (χ4v) is 2.63. The Balaban J connectivity index is 1.99. The van der Waals surface area contributed by atoms with E-state index in [1.165, 1.54) is 6.08 Å². The van der Waals surface area contributed by atoms with Crippen molar-refractivity contribution in [3.8, 4) is 0 Å². The normalized spacial score (nSPS) is 11.0. The third-order valence-electron chi connectivity index (χ3n) is 4.02. The van der Waals surface area contributed by atoms with Crippen molar-refractivity contribution < 1.29 is 22.8 Å². The van der Waals surface area contributed by atoms with Gasteiger partial charge in [-0.3, -0.25) is 9.59 Å². The van der Waals surface area contributed by atoms with E-state index in [2.05, 4.69) is 17.2 Å². The van der Waals surface area contributed by atoms with E-state index in [9.17, 15) is 22.8 Å². The summed E-state index contributed by atoms with van der Waals surface area (Å²) in [6.07, 6.45) is -4.02. The molecule has 0 aliphatic carbocycles. The van der Waals surface area contributed by atoms with Crippen LogP contribution in [0.5, 0.6) is 0 Å². The summed E-state index contributed by atoms with van der Waals surface area (Å²) in [6.45, 7) is 3.65. The molecule has 0 fully saturated rings. The molecule has 4 nitrogen and oxygen atoms in total. The maximum absolute atomic E-state index is 12.4. The van der Waals surface area contributed by atoms with Crippen molar-refractivity contribution in [2.75, 3.05) is 5.32 Å². The molecule has 0 aromatic heterocycles. The molecule has 7 heteroatoms. The second kappa shape index (κ2) is 9.73. The molecule has 2 N–H and O–H groups in total. The lowest BCUT2D eigenvalue weighted by atomic mass is 10.0. The van der Waals surface area contributed by atoms with E-state index in [0.717, 1.165) is 11.1 Å². The highest BCUT2D eigenvalue weighted by Crippen LogP contribution is 2.23. The average molecular weight is 390 g/mol. The highest BCUT2D eigenvalue weighted by molar-refractivity contribution is 5.92. The first kappa shape index (κ1) is 21.2. The number of nitrogens with one attached hydrogen (secondary N) is 2. The number of rotatable bonds is 8. The smallest absolute Gasteiger partial charge is 0.348 e. The monoisotopic (exact) mass is 390 g/mol. The van der Waals surface area contributed by atoms with E-state index >= 15 is 0 Å². The zero-order chi connectivity index (χ0) is 20.6. The van der Waals surface area contributed by atoms with Gasteiger partial charge in [-0.15, -0.1) is 0 Å². The number of halogens is 3. The molecular formula is C21H21F3N2O2. The first-order chi connectivity index (χ1) is 13.3. The molecule has 0 radical (unpaired) electrons. The molecule has 0 bridgehead atoms. The van der Waals surface area contributed by atoms with E-state index in [1.807, 2.05) is 6.07 Å². The number of alkyl halides is 3. The second-order valence-electron chi connectivity index (χ2n) is 6.23. The van der Waals surface area contributed by atoms with Gasteiger partial charge in [0.1, 0.15) is 0 Å². The summed E-state index contributed by atoms with van der Waals surface area (Å²) in [5.74, 6) is -0.606. The maximum atomic E-state index is 12.4. The highest BCUT2D eigenvalue weighted by Gasteiger charge is 2.26. The largest absolute Gasteiger partial charge is 0.389 e. The molecule has 0 saturated carbocycles. The number of hydrogen-bond donors (Lipinski definition) is 2. The number of carbonyl (C=O) groups is 2. The molecule has 0 unspecified atom stereocenters. The molecule has 0 aliphatic heterocycles. The molecule has 0 heterocycles. The quantitative estimate of drug-likeness (QED) is 0.665. The average Bonchev–Trinajstić information content (AvgIpc) is 2.65. The molecule has 2 rings (SSSR count). The minimum absolute atomic E-state index is 0.0763. The molecule has 0 spiro atoms. The molecule has 2 aromatic rings. The molecule has 0 aliphatic rings. The molecule has 148 valence electrons. The van der Waals surface area contributed by atoms with Gasteiger partial charge >= 0.3 is 6.18 Å². The van der Waals surface area contributed by atoms with Crippen molar-refractivity contribution in [1.82, 2.24) is 5.32 Å². The lowest BCUT2D eigenvalue weighted by molar-refractivity contribution is -0.134. The van der Waals surface area contributed by atoms with Gasteiger partial charge in [0, 0.05) is 18.7 Å². The third kappa shape index (κ3) is 7.26. The Kier molecular flexibility index (Phi) is 7.37. The van der Waals surface area contributed by atoms with Crippen LogP contribution in [0.2, 0.25) is 0 Å². The van der Waals surface area contributed by atoms with E-state index in [-0.39, 0.29) is 31.2 Å². The van der Waals surface area contributed by atoms with Crippen molar-refractivity contribution in [1.29, 1.82) is 0 Å². The molecule has 28 heavy (non-hydrogen) atoms. The third-order valence-corrected chi connectivity index (χ3v) is 4.02. The summed E-state index contributed by atoms with van der Waals surface area (Å²) in [5.41, 5.74) is 2.49. The molecule has 0 atom stereocenters. The van der Waals surface area contributed by atoms with Gasteiger partial charge in [-0.2, -0.15) is 13.2 Å². The predicted octanol–water partition coefficient (Wildman–Crippen LogP) is 4.16. The molecule has 0 saturated heterocycles. The van der Waals surface area contributed by atoms with E-state index < -0.39 is 12.6 Å². The number of anilines is 1. The van der Waals surface area contributed by atoms with Crippen LogP contribution in [0.3, 0.4) is 0 Å².